The molecule has 1 atom stereocenters. The van der Waals surface area contributed by atoms with Crippen molar-refractivity contribution in [2.24, 2.45) is 0 Å². The lowest BCUT2D eigenvalue weighted by atomic mass is 9.97. The third kappa shape index (κ3) is 3.85. The summed E-state index contributed by atoms with van der Waals surface area (Å²) in [6.45, 7) is 1.27. The molecule has 1 N–H and O–H groups in total. The first-order chi connectivity index (χ1) is 12.8. The number of hydrogen-bond acceptors (Lipinski definition) is 2. The number of aryl methyl sites for hydroxylation is 1. The van der Waals surface area contributed by atoms with E-state index in [1.54, 1.807) is 0 Å². The summed E-state index contributed by atoms with van der Waals surface area (Å²) in [5, 5.41) is 7.43. The van der Waals surface area contributed by atoms with Crippen LogP contribution in [0, 0.1) is 0 Å². The molecule has 0 aliphatic heterocycles. The highest BCUT2D eigenvalue weighted by Crippen LogP contribution is 2.35. The van der Waals surface area contributed by atoms with Gasteiger partial charge in [-0.2, -0.15) is 5.10 Å². The van der Waals surface area contributed by atoms with Gasteiger partial charge in [0.05, 0.1) is 12.7 Å². The SMILES string of the molecule is O=C(CC1CCc2ccccc21)NCc1cnn(Cc2ccccc2)c1. The van der Waals surface area contributed by atoms with E-state index in [1.807, 2.05) is 35.3 Å². The molecule has 0 saturated heterocycles. The molecule has 1 amide bonds. The molecule has 4 nitrogen and oxygen atoms in total. The summed E-state index contributed by atoms with van der Waals surface area (Å²) in [5.41, 5.74) is 4.98. The molecular weight excluding hydrogens is 322 g/mol. The van der Waals surface area contributed by atoms with Crippen LogP contribution >= 0.6 is 0 Å². The van der Waals surface area contributed by atoms with Crippen molar-refractivity contribution < 1.29 is 4.79 Å². The number of rotatable bonds is 6. The summed E-state index contributed by atoms with van der Waals surface area (Å²) in [7, 11) is 0. The number of carbonyl (C=O) groups is 1. The molecule has 0 radical (unpaired) electrons. The summed E-state index contributed by atoms with van der Waals surface area (Å²) < 4.78 is 1.91. The molecule has 132 valence electrons. The highest BCUT2D eigenvalue weighted by molar-refractivity contribution is 5.77. The van der Waals surface area contributed by atoms with Gasteiger partial charge < -0.3 is 5.32 Å². The molecule has 1 unspecified atom stereocenters. The van der Waals surface area contributed by atoms with E-state index >= 15 is 0 Å². The van der Waals surface area contributed by atoms with Crippen LogP contribution in [-0.2, 0) is 24.3 Å². The average molecular weight is 345 g/mol. The lowest BCUT2D eigenvalue weighted by Gasteiger charge is -2.11. The van der Waals surface area contributed by atoms with Crippen LogP contribution in [-0.4, -0.2) is 15.7 Å². The molecule has 4 heteroatoms. The first kappa shape index (κ1) is 16.6. The van der Waals surface area contributed by atoms with Gasteiger partial charge in [0.2, 0.25) is 5.91 Å². The maximum absolute atomic E-state index is 12.3. The van der Waals surface area contributed by atoms with Crippen LogP contribution < -0.4 is 5.32 Å². The number of nitrogens with one attached hydrogen (secondary N) is 1. The van der Waals surface area contributed by atoms with E-state index in [0.29, 0.717) is 18.9 Å². The Morgan fingerprint density at radius 3 is 2.77 bits per heavy atom. The molecule has 26 heavy (non-hydrogen) atoms. The normalized spacial score (nSPS) is 15.6. The van der Waals surface area contributed by atoms with Crippen molar-refractivity contribution in [3.8, 4) is 0 Å². The Hall–Kier alpha value is -2.88. The molecule has 1 aliphatic carbocycles. The lowest BCUT2D eigenvalue weighted by molar-refractivity contribution is -0.121. The van der Waals surface area contributed by atoms with Crippen LogP contribution in [0.15, 0.2) is 67.0 Å². The number of aromatic nitrogens is 2. The molecule has 0 saturated carbocycles. The molecule has 0 spiro atoms. The zero-order chi connectivity index (χ0) is 17.8. The quantitative estimate of drug-likeness (QED) is 0.741. The van der Waals surface area contributed by atoms with Gasteiger partial charge in [-0.3, -0.25) is 9.48 Å². The molecule has 3 aromatic rings. The van der Waals surface area contributed by atoms with E-state index in [4.69, 9.17) is 0 Å². The predicted molar refractivity (Wildman–Crippen MR) is 102 cm³/mol. The second-order valence-electron chi connectivity index (χ2n) is 6.95. The van der Waals surface area contributed by atoms with Crippen molar-refractivity contribution in [1.29, 1.82) is 0 Å². The van der Waals surface area contributed by atoms with Crippen molar-refractivity contribution in [3.63, 3.8) is 0 Å². The van der Waals surface area contributed by atoms with Crippen LogP contribution in [0.4, 0.5) is 0 Å². The van der Waals surface area contributed by atoms with Crippen molar-refractivity contribution in [2.75, 3.05) is 0 Å². The van der Waals surface area contributed by atoms with Crippen molar-refractivity contribution in [2.45, 2.75) is 38.3 Å². The zero-order valence-electron chi connectivity index (χ0n) is 14.8. The molecule has 0 bridgehead atoms. The molecule has 2 aromatic carbocycles. The number of carbonyl (C=O) groups excluding carboxylic acids is 1. The van der Waals surface area contributed by atoms with Gasteiger partial charge in [0.25, 0.3) is 0 Å². The first-order valence-corrected chi connectivity index (χ1v) is 9.18. The lowest BCUT2D eigenvalue weighted by Crippen LogP contribution is -2.24. The van der Waals surface area contributed by atoms with Gasteiger partial charge in [-0.1, -0.05) is 54.6 Å². The van der Waals surface area contributed by atoms with Gasteiger partial charge in [0.15, 0.2) is 0 Å². The molecule has 1 aromatic heterocycles. The van der Waals surface area contributed by atoms with Gasteiger partial charge in [0.1, 0.15) is 0 Å². The monoisotopic (exact) mass is 345 g/mol. The van der Waals surface area contributed by atoms with E-state index in [2.05, 4.69) is 46.8 Å². The van der Waals surface area contributed by atoms with Crippen molar-refractivity contribution in [1.82, 2.24) is 15.1 Å². The smallest absolute Gasteiger partial charge is 0.220 e. The zero-order valence-corrected chi connectivity index (χ0v) is 14.8. The summed E-state index contributed by atoms with van der Waals surface area (Å²) >= 11 is 0. The Morgan fingerprint density at radius 2 is 1.88 bits per heavy atom. The summed E-state index contributed by atoms with van der Waals surface area (Å²) in [6, 6.07) is 18.7. The highest BCUT2D eigenvalue weighted by Gasteiger charge is 2.24. The summed E-state index contributed by atoms with van der Waals surface area (Å²) in [6.07, 6.45) is 6.55. The fourth-order valence-electron chi connectivity index (χ4n) is 3.71. The molecule has 1 aliphatic rings. The number of benzene rings is 2. The van der Waals surface area contributed by atoms with Crippen molar-refractivity contribution in [3.05, 3.63) is 89.2 Å². The summed E-state index contributed by atoms with van der Waals surface area (Å²) in [5.74, 6) is 0.467. The fourth-order valence-corrected chi connectivity index (χ4v) is 3.71. The molecular formula is C22H23N3O. The van der Waals surface area contributed by atoms with Gasteiger partial charge in [-0.05, 0) is 35.4 Å². The van der Waals surface area contributed by atoms with E-state index in [9.17, 15) is 4.79 Å². The van der Waals surface area contributed by atoms with Gasteiger partial charge in [-0.25, -0.2) is 0 Å². The van der Waals surface area contributed by atoms with Crippen LogP contribution in [0.2, 0.25) is 0 Å². The second kappa shape index (κ2) is 7.56. The standard InChI is InChI=1S/C22H23N3O/c26-22(12-20-11-10-19-8-4-5-9-21(19)20)23-13-18-14-24-25(16-18)15-17-6-2-1-3-7-17/h1-9,14,16,20H,10-13,15H2,(H,23,26). The second-order valence-corrected chi connectivity index (χ2v) is 6.95. The molecule has 0 fully saturated rings. The Bertz CT molecular complexity index is 885. The number of hydrogen-bond donors (Lipinski definition) is 1. The largest absolute Gasteiger partial charge is 0.352 e. The third-order valence-electron chi connectivity index (χ3n) is 5.05. The van der Waals surface area contributed by atoms with Crippen LogP contribution in [0.25, 0.3) is 0 Å². The van der Waals surface area contributed by atoms with Crippen LogP contribution in [0.1, 0.15) is 41.0 Å². The van der Waals surface area contributed by atoms with Gasteiger partial charge in [-0.15, -0.1) is 0 Å². The Balaban J connectivity index is 1.29. The van der Waals surface area contributed by atoms with Crippen LogP contribution in [0.3, 0.4) is 0 Å². The Labute approximate surface area is 153 Å². The number of nitrogens with zero attached hydrogens (tertiary/aromatic N) is 2. The maximum atomic E-state index is 12.3. The fraction of sp³-hybridized carbons (Fsp3) is 0.273. The topological polar surface area (TPSA) is 46.9 Å². The van der Waals surface area contributed by atoms with Crippen molar-refractivity contribution >= 4 is 5.91 Å². The average Bonchev–Trinajstić information content (AvgIpc) is 3.28. The third-order valence-corrected chi connectivity index (χ3v) is 5.05. The van der Waals surface area contributed by atoms with Gasteiger partial charge in [0, 0.05) is 24.7 Å². The van der Waals surface area contributed by atoms with E-state index in [0.717, 1.165) is 24.9 Å². The van der Waals surface area contributed by atoms with E-state index < -0.39 is 0 Å². The van der Waals surface area contributed by atoms with Crippen LogP contribution in [0.5, 0.6) is 0 Å². The minimum absolute atomic E-state index is 0.113. The highest BCUT2D eigenvalue weighted by atomic mass is 16.1. The maximum Gasteiger partial charge on any atom is 0.220 e. The van der Waals surface area contributed by atoms with E-state index in [-0.39, 0.29) is 5.91 Å². The molecule has 4 rings (SSSR count). The molecule has 1 heterocycles. The Kier molecular flexibility index (Phi) is 4.82. The van der Waals surface area contributed by atoms with E-state index in [1.165, 1.54) is 16.7 Å². The first-order valence-electron chi connectivity index (χ1n) is 9.18. The number of amides is 1. The minimum atomic E-state index is 0.113. The summed E-state index contributed by atoms with van der Waals surface area (Å²) in [4.78, 5) is 12.3. The Morgan fingerprint density at radius 1 is 1.08 bits per heavy atom. The minimum Gasteiger partial charge on any atom is -0.352 e. The predicted octanol–water partition coefficient (Wildman–Crippen LogP) is 3.67. The number of fused-ring (bicyclic) bond motifs is 1. The van der Waals surface area contributed by atoms with Gasteiger partial charge >= 0.3 is 0 Å².